The van der Waals surface area contributed by atoms with Gasteiger partial charge in [0.25, 0.3) is 0 Å². The monoisotopic (exact) mass is 376 g/mol. The highest BCUT2D eigenvalue weighted by Gasteiger charge is 2.37. The average molecular weight is 376 g/mol. The third kappa shape index (κ3) is 4.18. The lowest BCUT2D eigenvalue weighted by molar-refractivity contribution is 0.0355. The van der Waals surface area contributed by atoms with Crippen molar-refractivity contribution in [2.24, 2.45) is 7.05 Å². The van der Waals surface area contributed by atoms with Gasteiger partial charge in [-0.25, -0.2) is 4.68 Å². The minimum atomic E-state index is 0.113. The molecule has 0 amide bonds. The second kappa shape index (κ2) is 8.42. The van der Waals surface area contributed by atoms with E-state index in [9.17, 15) is 5.11 Å². The fourth-order valence-electron chi connectivity index (χ4n) is 4.08. The van der Waals surface area contributed by atoms with E-state index < -0.39 is 0 Å². The largest absolute Gasteiger partial charge is 0.395 e. The number of hydrogen-bond acceptors (Lipinski definition) is 8. The Labute approximate surface area is 158 Å². The van der Waals surface area contributed by atoms with Crippen LogP contribution in [-0.4, -0.2) is 90.4 Å². The van der Waals surface area contributed by atoms with Crippen molar-refractivity contribution in [2.75, 3.05) is 39.5 Å². The molecule has 2 saturated heterocycles. The summed E-state index contributed by atoms with van der Waals surface area (Å²) in [7, 11) is 1.92. The van der Waals surface area contributed by atoms with Crippen LogP contribution in [0.25, 0.3) is 0 Å². The molecule has 10 nitrogen and oxygen atoms in total. The van der Waals surface area contributed by atoms with Gasteiger partial charge in [-0.2, -0.15) is 5.10 Å². The molecule has 4 heterocycles. The number of tetrazole rings is 1. The number of hydrogen-bond donors (Lipinski definition) is 1. The lowest BCUT2D eigenvalue weighted by Gasteiger charge is -2.29. The molecule has 2 aromatic rings. The van der Waals surface area contributed by atoms with Crippen molar-refractivity contribution >= 4 is 0 Å². The maximum Gasteiger partial charge on any atom is 0.168 e. The van der Waals surface area contributed by atoms with E-state index >= 15 is 0 Å². The van der Waals surface area contributed by atoms with E-state index in [1.807, 2.05) is 24.1 Å². The Bertz CT molecular complexity index is 726. The quantitative estimate of drug-likeness (QED) is 0.687. The highest BCUT2D eigenvalue weighted by atomic mass is 16.5. The first-order chi connectivity index (χ1) is 13.2. The first kappa shape index (κ1) is 18.5. The van der Waals surface area contributed by atoms with Crippen LogP contribution in [0, 0.1) is 0 Å². The summed E-state index contributed by atoms with van der Waals surface area (Å²) < 4.78 is 9.15. The third-order valence-electron chi connectivity index (χ3n) is 5.57. The molecule has 0 saturated carbocycles. The van der Waals surface area contributed by atoms with Crippen molar-refractivity contribution in [3.63, 3.8) is 0 Å². The molecule has 2 aromatic heterocycles. The van der Waals surface area contributed by atoms with E-state index in [0.717, 1.165) is 70.2 Å². The second-order valence-electron chi connectivity index (χ2n) is 7.34. The van der Waals surface area contributed by atoms with Crippen LogP contribution in [-0.2, 0) is 24.9 Å². The SMILES string of the molecule is Cn1cc(CN2[C@H](CO)CC[C@H]2c2nnnn2CCN2CCOCC2)cn1. The van der Waals surface area contributed by atoms with E-state index in [1.54, 1.807) is 4.68 Å². The molecule has 0 unspecified atom stereocenters. The van der Waals surface area contributed by atoms with Crippen molar-refractivity contribution in [2.45, 2.75) is 38.0 Å². The molecule has 0 aromatic carbocycles. The van der Waals surface area contributed by atoms with E-state index in [4.69, 9.17) is 4.74 Å². The van der Waals surface area contributed by atoms with Gasteiger partial charge in [0.15, 0.2) is 5.82 Å². The van der Waals surface area contributed by atoms with Gasteiger partial charge >= 0.3 is 0 Å². The maximum atomic E-state index is 9.84. The van der Waals surface area contributed by atoms with Crippen molar-refractivity contribution < 1.29 is 9.84 Å². The summed E-state index contributed by atoms with van der Waals surface area (Å²) in [5.74, 6) is 0.892. The summed E-state index contributed by atoms with van der Waals surface area (Å²) in [4.78, 5) is 4.70. The molecule has 2 atom stereocenters. The van der Waals surface area contributed by atoms with Gasteiger partial charge in [-0.3, -0.25) is 14.5 Å². The Kier molecular flexibility index (Phi) is 5.77. The molecule has 0 spiro atoms. The molecule has 0 radical (unpaired) electrons. The first-order valence-electron chi connectivity index (χ1n) is 9.65. The summed E-state index contributed by atoms with van der Waals surface area (Å²) in [5.41, 5.74) is 1.13. The van der Waals surface area contributed by atoms with Gasteiger partial charge in [0, 0.05) is 51.0 Å². The number of aliphatic hydroxyl groups is 1. The lowest BCUT2D eigenvalue weighted by Crippen LogP contribution is -2.39. The van der Waals surface area contributed by atoms with Gasteiger partial charge in [-0.1, -0.05) is 0 Å². The van der Waals surface area contributed by atoms with Gasteiger partial charge < -0.3 is 9.84 Å². The van der Waals surface area contributed by atoms with E-state index in [-0.39, 0.29) is 18.7 Å². The molecule has 148 valence electrons. The van der Waals surface area contributed by atoms with Crippen molar-refractivity contribution in [3.05, 3.63) is 23.8 Å². The highest BCUT2D eigenvalue weighted by Crippen LogP contribution is 2.36. The molecule has 1 N–H and O–H groups in total. The van der Waals surface area contributed by atoms with Crippen molar-refractivity contribution in [3.8, 4) is 0 Å². The Morgan fingerprint density at radius 1 is 1.22 bits per heavy atom. The average Bonchev–Trinajstić information content (AvgIpc) is 3.41. The maximum absolute atomic E-state index is 9.84. The number of aromatic nitrogens is 6. The van der Waals surface area contributed by atoms with Gasteiger partial charge in [-0.15, -0.1) is 5.10 Å². The van der Waals surface area contributed by atoms with Crippen molar-refractivity contribution in [1.82, 2.24) is 39.8 Å². The normalized spacial score (nSPS) is 24.7. The van der Waals surface area contributed by atoms with Crippen LogP contribution in [0.15, 0.2) is 12.4 Å². The van der Waals surface area contributed by atoms with Crippen LogP contribution in [0.4, 0.5) is 0 Å². The highest BCUT2D eigenvalue weighted by molar-refractivity contribution is 5.08. The fourth-order valence-corrected chi connectivity index (χ4v) is 4.08. The summed E-state index contributed by atoms with van der Waals surface area (Å²) >= 11 is 0. The minimum Gasteiger partial charge on any atom is -0.395 e. The predicted molar refractivity (Wildman–Crippen MR) is 96.7 cm³/mol. The van der Waals surface area contributed by atoms with Crippen LogP contribution >= 0.6 is 0 Å². The summed E-state index contributed by atoms with van der Waals surface area (Å²) in [5, 5.41) is 26.6. The number of rotatable bonds is 7. The van der Waals surface area contributed by atoms with Crippen LogP contribution in [0.2, 0.25) is 0 Å². The zero-order valence-electron chi connectivity index (χ0n) is 15.8. The number of aryl methyl sites for hydroxylation is 1. The zero-order valence-corrected chi connectivity index (χ0v) is 15.8. The van der Waals surface area contributed by atoms with Crippen LogP contribution in [0.3, 0.4) is 0 Å². The molecule has 0 bridgehead atoms. The Balaban J connectivity index is 1.46. The smallest absolute Gasteiger partial charge is 0.168 e. The number of morpholine rings is 1. The second-order valence-corrected chi connectivity index (χ2v) is 7.34. The van der Waals surface area contributed by atoms with Gasteiger partial charge in [-0.05, 0) is 23.3 Å². The van der Waals surface area contributed by atoms with E-state index in [0.29, 0.717) is 0 Å². The minimum absolute atomic E-state index is 0.113. The summed E-state index contributed by atoms with van der Waals surface area (Å²) in [6, 6.07) is 0.238. The third-order valence-corrected chi connectivity index (χ3v) is 5.57. The van der Waals surface area contributed by atoms with Gasteiger partial charge in [0.2, 0.25) is 0 Å². The predicted octanol–water partition coefficient (Wildman–Crippen LogP) is -0.563. The Morgan fingerprint density at radius 2 is 2.07 bits per heavy atom. The standard InChI is InChI=1S/C17H28N8O2/c1-22-11-14(10-18-22)12-24-15(13-26)2-3-16(24)17-19-20-21-25(17)5-4-23-6-8-27-9-7-23/h10-11,15-16,26H,2-9,12-13H2,1H3/t15-,16-/m0/s1. The first-order valence-corrected chi connectivity index (χ1v) is 9.65. The molecule has 2 fully saturated rings. The summed E-state index contributed by atoms with van der Waals surface area (Å²) in [6.07, 6.45) is 5.79. The van der Waals surface area contributed by atoms with Crippen LogP contribution < -0.4 is 0 Å². The Morgan fingerprint density at radius 3 is 2.81 bits per heavy atom. The van der Waals surface area contributed by atoms with E-state index in [1.165, 1.54) is 0 Å². The molecule has 0 aliphatic carbocycles. The Hall–Kier alpha value is -1.88. The molecule has 4 rings (SSSR count). The number of ether oxygens (including phenoxy) is 1. The van der Waals surface area contributed by atoms with Gasteiger partial charge in [0.05, 0.1) is 38.6 Å². The van der Waals surface area contributed by atoms with E-state index in [2.05, 4.69) is 30.4 Å². The van der Waals surface area contributed by atoms with Gasteiger partial charge in [0.1, 0.15) is 0 Å². The molecule has 2 aliphatic heterocycles. The molecule has 10 heteroatoms. The van der Waals surface area contributed by atoms with Crippen LogP contribution in [0.5, 0.6) is 0 Å². The lowest BCUT2D eigenvalue weighted by atomic mass is 10.2. The number of nitrogens with zero attached hydrogens (tertiary/aromatic N) is 8. The topological polar surface area (TPSA) is 97.4 Å². The number of likely N-dealkylation sites (tertiary alicyclic amines) is 1. The zero-order chi connectivity index (χ0) is 18.6. The van der Waals surface area contributed by atoms with Crippen molar-refractivity contribution in [1.29, 1.82) is 0 Å². The molecular formula is C17H28N8O2. The summed E-state index contributed by atoms with van der Waals surface area (Å²) in [6.45, 7) is 6.07. The van der Waals surface area contributed by atoms with Crippen LogP contribution in [0.1, 0.15) is 30.3 Å². The number of aliphatic hydroxyl groups excluding tert-OH is 1. The fraction of sp³-hybridized carbons (Fsp3) is 0.765. The molecular weight excluding hydrogens is 348 g/mol. The molecule has 27 heavy (non-hydrogen) atoms. The molecule has 2 aliphatic rings.